The molecule has 3 aromatic rings. The van der Waals surface area contributed by atoms with Crippen molar-refractivity contribution in [3.05, 3.63) is 103 Å². The van der Waals surface area contributed by atoms with E-state index in [4.69, 9.17) is 0 Å². The molecule has 2 aliphatic heterocycles. The predicted molar refractivity (Wildman–Crippen MR) is 123 cm³/mol. The summed E-state index contributed by atoms with van der Waals surface area (Å²) in [6.07, 6.45) is 0. The van der Waals surface area contributed by atoms with Crippen LogP contribution in [-0.4, -0.2) is 33.6 Å². The molecule has 2 unspecified atom stereocenters. The van der Waals surface area contributed by atoms with Crippen LogP contribution in [0.3, 0.4) is 0 Å². The Labute approximate surface area is 200 Å². The first-order valence-electron chi connectivity index (χ1n) is 10.2. The van der Waals surface area contributed by atoms with Crippen LogP contribution in [0.15, 0.2) is 65.1 Å². The first kappa shape index (κ1) is 21.9. The van der Waals surface area contributed by atoms with Crippen LogP contribution in [-0.2, 0) is 4.79 Å². The number of carbonyl (C=O) groups is 3. The predicted octanol–water partition coefficient (Wildman–Crippen LogP) is 4.56. The molecule has 2 aliphatic rings. The molecule has 0 radical (unpaired) electrons. The second-order valence-corrected chi connectivity index (χ2v) is 8.94. The fourth-order valence-electron chi connectivity index (χ4n) is 4.46. The fraction of sp³-hybridized carbons (Fsp3) is 0.125. The number of anilines is 1. The number of imide groups is 1. The number of halogens is 2. The van der Waals surface area contributed by atoms with E-state index in [0.717, 1.165) is 11.0 Å². The third-order valence-electron chi connectivity index (χ3n) is 6.09. The Morgan fingerprint density at radius 1 is 0.941 bits per heavy atom. The van der Waals surface area contributed by atoms with E-state index in [9.17, 15) is 28.9 Å². The molecule has 3 amide bonds. The molecule has 3 aromatic carbocycles. The van der Waals surface area contributed by atoms with Crippen molar-refractivity contribution in [2.75, 3.05) is 4.90 Å². The van der Waals surface area contributed by atoms with Gasteiger partial charge in [0.05, 0.1) is 16.5 Å². The van der Waals surface area contributed by atoms with Crippen molar-refractivity contribution in [2.45, 2.75) is 19.0 Å². The third-order valence-corrected chi connectivity index (χ3v) is 6.58. The van der Waals surface area contributed by atoms with Crippen LogP contribution in [0.5, 0.6) is 0 Å². The maximum atomic E-state index is 14.3. The molecule has 0 N–H and O–H groups in total. The minimum atomic E-state index is -1.24. The highest BCUT2D eigenvalue weighted by Crippen LogP contribution is 2.45. The molecule has 0 aliphatic carbocycles. The number of rotatable bonds is 4. The molecule has 0 bridgehead atoms. The molecular weight excluding hydrogens is 509 g/mol. The standard InChI is InChI=1S/C24H15BrFN3O5/c1-12-8-9-15(11-17(12)26)27-20(13-4-2-5-14(25)10-13)21(24(27)32)28-22(30)16-6-3-7-18(29(33)34)19(16)23(28)31/h2-11,20-21H,1H3. The number of nitrogens with zero attached hydrogens (tertiary/aromatic N) is 3. The molecule has 0 saturated carbocycles. The van der Waals surface area contributed by atoms with Crippen molar-refractivity contribution < 1.29 is 23.7 Å². The first-order valence-corrected chi connectivity index (χ1v) is 11.0. The van der Waals surface area contributed by atoms with Crippen molar-refractivity contribution in [3.8, 4) is 0 Å². The number of amides is 3. The van der Waals surface area contributed by atoms with E-state index in [1.807, 2.05) is 0 Å². The lowest BCUT2D eigenvalue weighted by atomic mass is 9.86. The molecule has 170 valence electrons. The molecular formula is C24H15BrFN3O5. The van der Waals surface area contributed by atoms with Gasteiger partial charge < -0.3 is 4.90 Å². The SMILES string of the molecule is Cc1ccc(N2C(=O)C(N3C(=O)c4cccc([N+](=O)[O-])c4C3=O)C2c2cccc(Br)c2)cc1F. The Morgan fingerprint density at radius 3 is 2.35 bits per heavy atom. The summed E-state index contributed by atoms with van der Waals surface area (Å²) in [7, 11) is 0. The zero-order valence-corrected chi connectivity index (χ0v) is 19.2. The van der Waals surface area contributed by atoms with Crippen LogP contribution in [0, 0.1) is 22.9 Å². The van der Waals surface area contributed by atoms with Crippen LogP contribution >= 0.6 is 15.9 Å². The van der Waals surface area contributed by atoms with Gasteiger partial charge in [-0.3, -0.25) is 29.4 Å². The van der Waals surface area contributed by atoms with Crippen LogP contribution in [0.25, 0.3) is 0 Å². The van der Waals surface area contributed by atoms with Gasteiger partial charge in [0.25, 0.3) is 23.4 Å². The number of hydrogen-bond acceptors (Lipinski definition) is 5. The average Bonchev–Trinajstić information content (AvgIpc) is 3.05. The lowest BCUT2D eigenvalue weighted by Gasteiger charge is -2.49. The van der Waals surface area contributed by atoms with E-state index in [2.05, 4.69) is 15.9 Å². The van der Waals surface area contributed by atoms with Crippen molar-refractivity contribution in [2.24, 2.45) is 0 Å². The second kappa shape index (κ2) is 7.84. The number of carbonyl (C=O) groups excluding carboxylic acids is 3. The smallest absolute Gasteiger partial charge is 0.282 e. The van der Waals surface area contributed by atoms with Gasteiger partial charge in [0.2, 0.25) is 0 Å². The largest absolute Gasteiger partial charge is 0.300 e. The number of aryl methyl sites for hydroxylation is 1. The summed E-state index contributed by atoms with van der Waals surface area (Å²) in [5.74, 6) is -2.78. The van der Waals surface area contributed by atoms with E-state index in [1.54, 1.807) is 37.3 Å². The summed E-state index contributed by atoms with van der Waals surface area (Å²) in [4.78, 5) is 52.7. The monoisotopic (exact) mass is 523 g/mol. The van der Waals surface area contributed by atoms with Crippen molar-refractivity contribution in [1.82, 2.24) is 4.90 Å². The first-order chi connectivity index (χ1) is 16.2. The normalized spacial score (nSPS) is 19.3. The van der Waals surface area contributed by atoms with E-state index >= 15 is 0 Å². The highest BCUT2D eigenvalue weighted by Gasteiger charge is 2.58. The van der Waals surface area contributed by atoms with Gasteiger partial charge in [-0.2, -0.15) is 0 Å². The summed E-state index contributed by atoms with van der Waals surface area (Å²) >= 11 is 3.39. The van der Waals surface area contributed by atoms with Crippen molar-refractivity contribution in [3.63, 3.8) is 0 Å². The molecule has 34 heavy (non-hydrogen) atoms. The molecule has 1 fully saturated rings. The summed E-state index contributed by atoms with van der Waals surface area (Å²) in [5, 5.41) is 11.5. The van der Waals surface area contributed by atoms with Crippen molar-refractivity contribution >= 4 is 45.0 Å². The van der Waals surface area contributed by atoms with Crippen LogP contribution in [0.2, 0.25) is 0 Å². The zero-order valence-electron chi connectivity index (χ0n) is 17.6. The molecule has 10 heteroatoms. The zero-order chi connectivity index (χ0) is 24.3. The topological polar surface area (TPSA) is 101 Å². The highest BCUT2D eigenvalue weighted by atomic mass is 79.9. The third kappa shape index (κ3) is 3.13. The molecule has 1 saturated heterocycles. The van der Waals surface area contributed by atoms with E-state index in [1.165, 1.54) is 29.2 Å². The Balaban J connectivity index is 1.62. The maximum absolute atomic E-state index is 14.3. The summed E-state index contributed by atoms with van der Waals surface area (Å²) in [6.45, 7) is 1.59. The summed E-state index contributed by atoms with van der Waals surface area (Å²) in [6, 6.07) is 13.1. The van der Waals surface area contributed by atoms with E-state index in [-0.39, 0.29) is 16.8 Å². The lowest BCUT2D eigenvalue weighted by Crippen LogP contribution is -2.67. The number of hydrogen-bond donors (Lipinski definition) is 0. The lowest BCUT2D eigenvalue weighted by molar-refractivity contribution is -0.385. The highest BCUT2D eigenvalue weighted by molar-refractivity contribution is 9.10. The second-order valence-electron chi connectivity index (χ2n) is 8.02. The fourth-order valence-corrected chi connectivity index (χ4v) is 4.87. The Morgan fingerprint density at radius 2 is 1.68 bits per heavy atom. The number of benzene rings is 3. The Hall–Kier alpha value is -3.92. The minimum absolute atomic E-state index is 0.125. The van der Waals surface area contributed by atoms with Gasteiger partial charge in [-0.05, 0) is 48.4 Å². The quantitative estimate of drug-likeness (QED) is 0.216. The maximum Gasteiger partial charge on any atom is 0.282 e. The number of nitro benzene ring substituents is 1. The molecule has 2 atom stereocenters. The summed E-state index contributed by atoms with van der Waals surface area (Å²) in [5.41, 5.74) is 0.322. The number of nitro groups is 1. The van der Waals surface area contributed by atoms with Gasteiger partial charge in [-0.15, -0.1) is 0 Å². The Bertz CT molecular complexity index is 1430. The van der Waals surface area contributed by atoms with Crippen LogP contribution in [0.1, 0.15) is 37.9 Å². The van der Waals surface area contributed by atoms with Crippen molar-refractivity contribution in [1.29, 1.82) is 0 Å². The summed E-state index contributed by atoms with van der Waals surface area (Å²) < 4.78 is 15.0. The number of fused-ring (bicyclic) bond motifs is 1. The molecule has 8 nitrogen and oxygen atoms in total. The average molecular weight is 524 g/mol. The van der Waals surface area contributed by atoms with Gasteiger partial charge in [0, 0.05) is 16.2 Å². The van der Waals surface area contributed by atoms with Crippen LogP contribution < -0.4 is 4.90 Å². The molecule has 0 aromatic heterocycles. The molecule has 5 rings (SSSR count). The van der Waals surface area contributed by atoms with Crippen LogP contribution in [0.4, 0.5) is 15.8 Å². The number of β-lactam (4-membered cyclic amide) rings is 1. The van der Waals surface area contributed by atoms with Gasteiger partial charge in [0.1, 0.15) is 17.4 Å². The van der Waals surface area contributed by atoms with Gasteiger partial charge in [-0.25, -0.2) is 4.39 Å². The molecule has 2 heterocycles. The van der Waals surface area contributed by atoms with E-state index < -0.39 is 46.2 Å². The van der Waals surface area contributed by atoms with Gasteiger partial charge >= 0.3 is 0 Å². The minimum Gasteiger partial charge on any atom is -0.300 e. The van der Waals surface area contributed by atoms with Gasteiger partial charge in [0.15, 0.2) is 0 Å². The van der Waals surface area contributed by atoms with Gasteiger partial charge in [-0.1, -0.05) is 40.2 Å². The van der Waals surface area contributed by atoms with E-state index in [0.29, 0.717) is 15.6 Å². The molecule has 0 spiro atoms. The Kier molecular flexibility index (Phi) is 5.05.